The Hall–Kier alpha value is -0.430. The van der Waals surface area contributed by atoms with Gasteiger partial charge in [-0.25, -0.2) is 13.1 Å². The summed E-state index contributed by atoms with van der Waals surface area (Å²) in [5, 5.41) is 4.88. The van der Waals surface area contributed by atoms with Crippen LogP contribution < -0.4 is 10.0 Å². The van der Waals surface area contributed by atoms with E-state index in [0.717, 1.165) is 19.5 Å². The van der Waals surface area contributed by atoms with Crippen LogP contribution in [0.1, 0.15) is 6.42 Å². The van der Waals surface area contributed by atoms with Gasteiger partial charge >= 0.3 is 0 Å². The molecule has 4 nitrogen and oxygen atoms in total. The summed E-state index contributed by atoms with van der Waals surface area (Å²) in [4.78, 5) is 0. The normalized spacial score (nSPS) is 22.7. The van der Waals surface area contributed by atoms with Gasteiger partial charge in [-0.3, -0.25) is 0 Å². The Morgan fingerprint density at radius 1 is 1.57 bits per heavy atom. The summed E-state index contributed by atoms with van der Waals surface area (Å²) >= 11 is 1.24. The third kappa shape index (κ3) is 2.14. The van der Waals surface area contributed by atoms with E-state index < -0.39 is 10.0 Å². The molecule has 0 unspecified atom stereocenters. The van der Waals surface area contributed by atoms with Gasteiger partial charge in [0.25, 0.3) is 0 Å². The molecule has 1 atom stereocenters. The monoisotopic (exact) mass is 232 g/mol. The van der Waals surface area contributed by atoms with Crippen molar-refractivity contribution in [2.75, 3.05) is 13.1 Å². The highest BCUT2D eigenvalue weighted by atomic mass is 32.2. The van der Waals surface area contributed by atoms with Crippen molar-refractivity contribution in [3.05, 3.63) is 17.5 Å². The van der Waals surface area contributed by atoms with Crippen molar-refractivity contribution >= 4 is 21.4 Å². The number of hydrogen-bond acceptors (Lipinski definition) is 4. The molecule has 1 aromatic heterocycles. The average molecular weight is 232 g/mol. The first-order valence-corrected chi connectivity index (χ1v) is 6.81. The lowest BCUT2D eigenvalue weighted by molar-refractivity contribution is 0.562. The van der Waals surface area contributed by atoms with Crippen LogP contribution in [0.4, 0.5) is 0 Å². The summed E-state index contributed by atoms with van der Waals surface area (Å²) < 4.78 is 26.5. The van der Waals surface area contributed by atoms with E-state index in [1.807, 2.05) is 0 Å². The molecule has 6 heteroatoms. The number of nitrogens with one attached hydrogen (secondary N) is 2. The first kappa shape index (κ1) is 10.1. The van der Waals surface area contributed by atoms with Crippen molar-refractivity contribution in [1.82, 2.24) is 10.0 Å². The van der Waals surface area contributed by atoms with Gasteiger partial charge in [0.15, 0.2) is 0 Å². The molecule has 0 aromatic carbocycles. The molecule has 0 radical (unpaired) electrons. The van der Waals surface area contributed by atoms with Gasteiger partial charge in [0.05, 0.1) is 0 Å². The van der Waals surface area contributed by atoms with Crippen LogP contribution in [-0.2, 0) is 10.0 Å². The smallest absolute Gasteiger partial charge is 0.250 e. The van der Waals surface area contributed by atoms with Crippen molar-refractivity contribution < 1.29 is 8.42 Å². The minimum Gasteiger partial charge on any atom is -0.315 e. The molecule has 1 aliphatic heterocycles. The summed E-state index contributed by atoms with van der Waals surface area (Å²) in [6.07, 6.45) is 0.866. The van der Waals surface area contributed by atoms with E-state index in [2.05, 4.69) is 10.0 Å². The zero-order valence-corrected chi connectivity index (χ0v) is 9.20. The summed E-state index contributed by atoms with van der Waals surface area (Å²) in [6.45, 7) is 1.61. The Morgan fingerprint density at radius 2 is 2.43 bits per heavy atom. The summed E-state index contributed by atoms with van der Waals surface area (Å²) in [7, 11) is -3.27. The fourth-order valence-electron chi connectivity index (χ4n) is 1.45. The molecule has 2 heterocycles. The lowest BCUT2D eigenvalue weighted by Gasteiger charge is -2.09. The van der Waals surface area contributed by atoms with Crippen molar-refractivity contribution in [2.24, 2.45) is 0 Å². The van der Waals surface area contributed by atoms with Gasteiger partial charge in [-0.05, 0) is 24.4 Å². The standard InChI is InChI=1S/C8H12N2O2S2/c11-14(12,8-2-1-5-13-8)10-7-3-4-9-6-7/h1-2,5,7,9-10H,3-4,6H2/t7-/m1/s1. The van der Waals surface area contributed by atoms with E-state index in [1.165, 1.54) is 11.3 Å². The molecular weight excluding hydrogens is 220 g/mol. The Labute approximate surface area is 87.4 Å². The van der Waals surface area contributed by atoms with Crippen molar-refractivity contribution in [2.45, 2.75) is 16.7 Å². The van der Waals surface area contributed by atoms with Crippen LogP contribution in [0.15, 0.2) is 21.7 Å². The maximum absolute atomic E-state index is 11.7. The van der Waals surface area contributed by atoms with E-state index in [0.29, 0.717) is 4.21 Å². The van der Waals surface area contributed by atoms with E-state index in [1.54, 1.807) is 17.5 Å². The fourth-order valence-corrected chi connectivity index (χ4v) is 3.73. The minimum atomic E-state index is -3.27. The zero-order chi connectivity index (χ0) is 10.0. The molecular formula is C8H12N2O2S2. The molecule has 0 spiro atoms. The summed E-state index contributed by atoms with van der Waals surface area (Å²) in [5.41, 5.74) is 0. The number of thiophene rings is 1. The SMILES string of the molecule is O=S(=O)(N[C@@H]1CCNC1)c1cccs1. The molecule has 78 valence electrons. The molecule has 0 aliphatic carbocycles. The topological polar surface area (TPSA) is 58.2 Å². The Morgan fingerprint density at radius 3 is 3.00 bits per heavy atom. The predicted octanol–water partition coefficient (Wildman–Crippen LogP) is 0.388. The van der Waals surface area contributed by atoms with Gasteiger partial charge in [0, 0.05) is 12.6 Å². The third-order valence-corrected chi connectivity index (χ3v) is 5.06. The highest BCUT2D eigenvalue weighted by Crippen LogP contribution is 2.16. The Kier molecular flexibility index (Phi) is 2.87. The van der Waals surface area contributed by atoms with E-state index in [9.17, 15) is 8.42 Å². The maximum atomic E-state index is 11.7. The Balaban J connectivity index is 2.09. The second-order valence-electron chi connectivity index (χ2n) is 3.24. The van der Waals surface area contributed by atoms with E-state index >= 15 is 0 Å². The highest BCUT2D eigenvalue weighted by Gasteiger charge is 2.22. The first-order chi connectivity index (χ1) is 6.68. The third-order valence-electron chi connectivity index (χ3n) is 2.14. The van der Waals surface area contributed by atoms with Crippen molar-refractivity contribution in [1.29, 1.82) is 0 Å². The molecule has 1 fully saturated rings. The lowest BCUT2D eigenvalue weighted by Crippen LogP contribution is -2.35. The lowest BCUT2D eigenvalue weighted by atomic mass is 10.3. The van der Waals surface area contributed by atoms with Crippen LogP contribution in [-0.4, -0.2) is 27.5 Å². The summed E-state index contributed by atoms with van der Waals surface area (Å²) in [5.74, 6) is 0. The number of rotatable bonds is 3. The molecule has 0 bridgehead atoms. The van der Waals surface area contributed by atoms with Crippen LogP contribution in [0.25, 0.3) is 0 Å². The highest BCUT2D eigenvalue weighted by molar-refractivity contribution is 7.91. The van der Waals surface area contributed by atoms with Gasteiger partial charge in [-0.15, -0.1) is 11.3 Å². The molecule has 14 heavy (non-hydrogen) atoms. The molecule has 2 N–H and O–H groups in total. The molecule has 1 aliphatic rings. The zero-order valence-electron chi connectivity index (χ0n) is 7.56. The van der Waals surface area contributed by atoms with Gasteiger partial charge in [-0.1, -0.05) is 6.07 Å². The minimum absolute atomic E-state index is 0.0436. The predicted molar refractivity (Wildman–Crippen MR) is 55.9 cm³/mol. The molecule has 0 saturated carbocycles. The van der Waals surface area contributed by atoms with Gasteiger partial charge in [-0.2, -0.15) is 0 Å². The quantitative estimate of drug-likeness (QED) is 0.792. The van der Waals surface area contributed by atoms with E-state index in [4.69, 9.17) is 0 Å². The Bertz CT molecular complexity index is 379. The molecule has 1 aromatic rings. The molecule has 2 rings (SSSR count). The van der Waals surface area contributed by atoms with Crippen LogP contribution in [0.5, 0.6) is 0 Å². The molecule has 1 saturated heterocycles. The van der Waals surface area contributed by atoms with Crippen LogP contribution in [0, 0.1) is 0 Å². The fraction of sp³-hybridized carbons (Fsp3) is 0.500. The number of sulfonamides is 1. The molecule has 0 amide bonds. The number of hydrogen-bond donors (Lipinski definition) is 2. The van der Waals surface area contributed by atoms with Gasteiger partial charge < -0.3 is 5.32 Å². The maximum Gasteiger partial charge on any atom is 0.250 e. The first-order valence-electron chi connectivity index (χ1n) is 4.45. The summed E-state index contributed by atoms with van der Waals surface area (Å²) in [6, 6.07) is 3.41. The van der Waals surface area contributed by atoms with Gasteiger partial charge in [0.2, 0.25) is 10.0 Å². The average Bonchev–Trinajstić information content (AvgIpc) is 2.71. The van der Waals surface area contributed by atoms with Crippen molar-refractivity contribution in [3.8, 4) is 0 Å². The second-order valence-corrected chi connectivity index (χ2v) is 6.13. The van der Waals surface area contributed by atoms with Crippen molar-refractivity contribution in [3.63, 3.8) is 0 Å². The van der Waals surface area contributed by atoms with Crippen LogP contribution in [0.2, 0.25) is 0 Å². The van der Waals surface area contributed by atoms with Crippen LogP contribution in [0.3, 0.4) is 0 Å². The van der Waals surface area contributed by atoms with Crippen LogP contribution >= 0.6 is 11.3 Å². The second kappa shape index (κ2) is 3.98. The largest absolute Gasteiger partial charge is 0.315 e. The van der Waals surface area contributed by atoms with Gasteiger partial charge in [0.1, 0.15) is 4.21 Å². The van der Waals surface area contributed by atoms with E-state index in [-0.39, 0.29) is 6.04 Å².